The molecule has 3 N–H and O–H groups in total. The van der Waals surface area contributed by atoms with Crippen LogP contribution in [0.4, 0.5) is 11.4 Å². The van der Waals surface area contributed by atoms with Crippen LogP contribution in [0.1, 0.15) is 12.8 Å². The van der Waals surface area contributed by atoms with Crippen molar-refractivity contribution in [1.29, 1.82) is 0 Å². The monoisotopic (exact) mass is 321 g/mol. The number of nitrogens with zero attached hydrogens (tertiary/aromatic N) is 2. The Bertz CT molecular complexity index is 544. The molecule has 0 bridgehead atoms. The molecule has 1 heterocycles. The van der Waals surface area contributed by atoms with Crippen molar-refractivity contribution in [2.24, 2.45) is 0 Å². The maximum Gasteiger partial charge on any atom is 0.238 e. The largest absolute Gasteiger partial charge is 0.395 e. The van der Waals surface area contributed by atoms with Gasteiger partial charge in [0.05, 0.1) is 31.1 Å². The Morgan fingerprint density at radius 3 is 2.52 bits per heavy atom. The van der Waals surface area contributed by atoms with E-state index in [9.17, 15) is 9.59 Å². The molecule has 7 heteroatoms. The first kappa shape index (κ1) is 17.4. The Morgan fingerprint density at radius 1 is 1.22 bits per heavy atom. The molecule has 2 rings (SSSR count). The average Bonchev–Trinajstić information content (AvgIpc) is 2.94. The van der Waals surface area contributed by atoms with Crippen molar-refractivity contribution in [3.8, 4) is 0 Å². The van der Waals surface area contributed by atoms with E-state index in [2.05, 4.69) is 5.32 Å². The lowest BCUT2D eigenvalue weighted by atomic mass is 10.2. The SMILES string of the molecule is O=C(CN(CCO)CCO)Nc1ccccc1N1CCCC1=O. The highest BCUT2D eigenvalue weighted by Crippen LogP contribution is 2.29. The molecule has 23 heavy (non-hydrogen) atoms. The summed E-state index contributed by atoms with van der Waals surface area (Å²) in [5.74, 6) is -0.181. The molecule has 0 atom stereocenters. The number of aliphatic hydroxyl groups excluding tert-OH is 2. The Kier molecular flexibility index (Phi) is 6.52. The quantitative estimate of drug-likeness (QED) is 0.628. The minimum Gasteiger partial charge on any atom is -0.395 e. The Labute approximate surface area is 135 Å². The van der Waals surface area contributed by atoms with Gasteiger partial charge in [0.1, 0.15) is 0 Å². The van der Waals surface area contributed by atoms with Gasteiger partial charge in [0, 0.05) is 26.1 Å². The van der Waals surface area contributed by atoms with Crippen molar-refractivity contribution in [1.82, 2.24) is 4.90 Å². The number of amides is 2. The topological polar surface area (TPSA) is 93.1 Å². The van der Waals surface area contributed by atoms with Crippen LogP contribution in [0.15, 0.2) is 24.3 Å². The highest BCUT2D eigenvalue weighted by Gasteiger charge is 2.24. The number of aliphatic hydroxyl groups is 2. The van der Waals surface area contributed by atoms with E-state index in [0.29, 0.717) is 37.4 Å². The van der Waals surface area contributed by atoms with Crippen molar-refractivity contribution >= 4 is 23.2 Å². The van der Waals surface area contributed by atoms with Crippen LogP contribution in [0, 0.1) is 0 Å². The maximum atomic E-state index is 12.2. The van der Waals surface area contributed by atoms with Crippen molar-refractivity contribution in [2.75, 3.05) is 49.6 Å². The van der Waals surface area contributed by atoms with Gasteiger partial charge in [-0.3, -0.25) is 14.5 Å². The minimum absolute atomic E-state index is 0.0638. The molecule has 1 aromatic rings. The Morgan fingerprint density at radius 2 is 1.91 bits per heavy atom. The van der Waals surface area contributed by atoms with Crippen LogP contribution in [0.2, 0.25) is 0 Å². The predicted octanol–water partition coefficient (Wildman–Crippen LogP) is 0.0385. The van der Waals surface area contributed by atoms with Gasteiger partial charge in [0.2, 0.25) is 11.8 Å². The molecule has 1 fully saturated rings. The molecular weight excluding hydrogens is 298 g/mol. The van der Waals surface area contributed by atoms with E-state index in [1.54, 1.807) is 21.9 Å². The normalized spacial score (nSPS) is 14.6. The Balaban J connectivity index is 2.04. The van der Waals surface area contributed by atoms with E-state index in [4.69, 9.17) is 10.2 Å². The molecule has 0 unspecified atom stereocenters. The van der Waals surface area contributed by atoms with Crippen LogP contribution < -0.4 is 10.2 Å². The summed E-state index contributed by atoms with van der Waals surface area (Å²) in [4.78, 5) is 27.5. The molecule has 1 saturated heterocycles. The molecule has 1 aliphatic rings. The molecule has 0 spiro atoms. The van der Waals surface area contributed by atoms with E-state index in [-0.39, 0.29) is 31.6 Å². The van der Waals surface area contributed by atoms with E-state index in [1.807, 2.05) is 12.1 Å². The molecule has 0 aromatic heterocycles. The summed E-state index contributed by atoms with van der Waals surface area (Å²) in [6.07, 6.45) is 1.35. The zero-order valence-corrected chi connectivity index (χ0v) is 13.1. The number of anilines is 2. The standard InChI is InChI=1S/C16H23N3O4/c20-10-8-18(9-11-21)12-15(22)17-13-4-1-2-5-14(13)19-7-3-6-16(19)23/h1-2,4-5,20-21H,3,6-12H2,(H,17,22). The smallest absolute Gasteiger partial charge is 0.238 e. The highest BCUT2D eigenvalue weighted by atomic mass is 16.3. The van der Waals surface area contributed by atoms with Gasteiger partial charge < -0.3 is 20.4 Å². The molecule has 0 saturated carbocycles. The van der Waals surface area contributed by atoms with E-state index in [0.717, 1.165) is 6.42 Å². The van der Waals surface area contributed by atoms with E-state index >= 15 is 0 Å². The number of carbonyl (C=O) groups is 2. The molecule has 0 aliphatic carbocycles. The minimum atomic E-state index is -0.244. The second-order valence-corrected chi connectivity index (χ2v) is 5.44. The number of nitrogens with one attached hydrogen (secondary N) is 1. The molecule has 1 aromatic carbocycles. The van der Waals surface area contributed by atoms with Gasteiger partial charge in [0.25, 0.3) is 0 Å². The average molecular weight is 321 g/mol. The van der Waals surface area contributed by atoms with Crippen molar-refractivity contribution in [3.05, 3.63) is 24.3 Å². The number of carbonyl (C=O) groups excluding carboxylic acids is 2. The third kappa shape index (κ3) is 4.75. The summed E-state index contributed by atoms with van der Waals surface area (Å²) >= 11 is 0. The van der Waals surface area contributed by atoms with Crippen LogP contribution in [0.25, 0.3) is 0 Å². The van der Waals surface area contributed by atoms with Gasteiger partial charge in [-0.1, -0.05) is 12.1 Å². The summed E-state index contributed by atoms with van der Waals surface area (Å²) in [7, 11) is 0. The van der Waals surface area contributed by atoms with Crippen molar-refractivity contribution in [3.63, 3.8) is 0 Å². The zero-order chi connectivity index (χ0) is 16.7. The highest BCUT2D eigenvalue weighted by molar-refractivity contribution is 6.02. The molecular formula is C16H23N3O4. The summed E-state index contributed by atoms with van der Waals surface area (Å²) < 4.78 is 0. The number of para-hydroxylation sites is 2. The third-order valence-corrected chi connectivity index (χ3v) is 3.74. The molecule has 2 amide bonds. The van der Waals surface area contributed by atoms with Crippen LogP contribution in [0.5, 0.6) is 0 Å². The van der Waals surface area contributed by atoms with Gasteiger partial charge in [-0.15, -0.1) is 0 Å². The molecule has 1 aliphatic heterocycles. The van der Waals surface area contributed by atoms with E-state index in [1.165, 1.54) is 0 Å². The van der Waals surface area contributed by atoms with Crippen molar-refractivity contribution < 1.29 is 19.8 Å². The zero-order valence-electron chi connectivity index (χ0n) is 13.1. The number of rotatable bonds is 8. The van der Waals surface area contributed by atoms with Crippen LogP contribution >= 0.6 is 0 Å². The van der Waals surface area contributed by atoms with Gasteiger partial charge in [-0.05, 0) is 18.6 Å². The van der Waals surface area contributed by atoms with Crippen LogP contribution in [-0.4, -0.2) is 66.3 Å². The third-order valence-electron chi connectivity index (χ3n) is 3.74. The first-order valence-corrected chi connectivity index (χ1v) is 7.79. The lowest BCUT2D eigenvalue weighted by Crippen LogP contribution is -2.37. The van der Waals surface area contributed by atoms with Gasteiger partial charge in [0.15, 0.2) is 0 Å². The Hall–Kier alpha value is -1.96. The fourth-order valence-corrected chi connectivity index (χ4v) is 2.66. The van der Waals surface area contributed by atoms with Crippen LogP contribution in [0.3, 0.4) is 0 Å². The molecule has 126 valence electrons. The van der Waals surface area contributed by atoms with Gasteiger partial charge in [-0.25, -0.2) is 0 Å². The fraction of sp³-hybridized carbons (Fsp3) is 0.500. The molecule has 0 radical (unpaired) electrons. The number of benzene rings is 1. The predicted molar refractivity (Wildman–Crippen MR) is 87.3 cm³/mol. The fourth-order valence-electron chi connectivity index (χ4n) is 2.66. The first-order chi connectivity index (χ1) is 11.2. The number of hydrogen-bond donors (Lipinski definition) is 3. The van der Waals surface area contributed by atoms with Gasteiger partial charge in [-0.2, -0.15) is 0 Å². The summed E-state index contributed by atoms with van der Waals surface area (Å²) in [5.41, 5.74) is 1.31. The first-order valence-electron chi connectivity index (χ1n) is 7.79. The summed E-state index contributed by atoms with van der Waals surface area (Å²) in [6.45, 7) is 1.22. The van der Waals surface area contributed by atoms with E-state index < -0.39 is 0 Å². The van der Waals surface area contributed by atoms with Gasteiger partial charge >= 0.3 is 0 Å². The summed E-state index contributed by atoms with van der Waals surface area (Å²) in [6, 6.07) is 7.22. The lowest BCUT2D eigenvalue weighted by Gasteiger charge is -2.22. The lowest BCUT2D eigenvalue weighted by molar-refractivity contribution is -0.118. The second kappa shape index (κ2) is 8.61. The summed E-state index contributed by atoms with van der Waals surface area (Å²) in [5, 5.41) is 20.8. The maximum absolute atomic E-state index is 12.2. The number of hydrogen-bond acceptors (Lipinski definition) is 5. The van der Waals surface area contributed by atoms with Crippen molar-refractivity contribution in [2.45, 2.75) is 12.8 Å². The second-order valence-electron chi connectivity index (χ2n) is 5.44. The molecule has 7 nitrogen and oxygen atoms in total. The van der Waals surface area contributed by atoms with Crippen LogP contribution in [-0.2, 0) is 9.59 Å².